The summed E-state index contributed by atoms with van der Waals surface area (Å²) in [6, 6.07) is -1.57. The SMILES string of the molecule is [2H]CC(C)(C)OC(=O)N[C@@H](COS(C)(=O)=O)C(=O)O. The van der Waals surface area contributed by atoms with Crippen LogP contribution in [-0.4, -0.2) is 50.1 Å². The average Bonchev–Trinajstić information content (AvgIpc) is 2.21. The lowest BCUT2D eigenvalue weighted by molar-refractivity contribution is -0.140. The van der Waals surface area contributed by atoms with E-state index < -0.39 is 40.4 Å². The maximum Gasteiger partial charge on any atom is 0.408 e. The number of rotatable bonds is 5. The minimum Gasteiger partial charge on any atom is -0.480 e. The summed E-state index contributed by atoms with van der Waals surface area (Å²) in [6.45, 7) is 1.99. The van der Waals surface area contributed by atoms with Gasteiger partial charge in [-0.25, -0.2) is 9.59 Å². The lowest BCUT2D eigenvalue weighted by Crippen LogP contribution is -2.46. The maximum atomic E-state index is 11.4. The Bertz CT molecular complexity index is 434. The molecular weight excluding hydrogens is 266 g/mol. The summed E-state index contributed by atoms with van der Waals surface area (Å²) in [6.07, 6.45) is -0.310. The first-order valence-electron chi connectivity index (χ1n) is 5.53. The van der Waals surface area contributed by atoms with Crippen LogP contribution in [0.25, 0.3) is 0 Å². The van der Waals surface area contributed by atoms with Gasteiger partial charge in [0.1, 0.15) is 5.60 Å². The van der Waals surface area contributed by atoms with Gasteiger partial charge in [-0.15, -0.1) is 0 Å². The molecule has 0 radical (unpaired) electrons. The number of ether oxygens (including phenoxy) is 1. The van der Waals surface area contributed by atoms with Crippen molar-refractivity contribution in [3.63, 3.8) is 0 Å². The number of carbonyl (C=O) groups is 2. The van der Waals surface area contributed by atoms with Crippen molar-refractivity contribution in [1.29, 1.82) is 0 Å². The van der Waals surface area contributed by atoms with E-state index >= 15 is 0 Å². The summed E-state index contributed by atoms with van der Waals surface area (Å²) < 4.78 is 37.7. The second-order valence-corrected chi connectivity index (χ2v) is 5.82. The van der Waals surface area contributed by atoms with E-state index in [9.17, 15) is 18.0 Å². The van der Waals surface area contributed by atoms with Gasteiger partial charge in [0.2, 0.25) is 0 Å². The number of carboxylic acid groups (broad SMARTS) is 1. The van der Waals surface area contributed by atoms with Crippen LogP contribution in [0.15, 0.2) is 0 Å². The number of carboxylic acids is 1. The van der Waals surface area contributed by atoms with Crippen LogP contribution in [0.1, 0.15) is 22.1 Å². The molecule has 0 heterocycles. The number of aliphatic carboxylic acids is 1. The molecule has 0 aliphatic rings. The lowest BCUT2D eigenvalue weighted by Gasteiger charge is -2.21. The Morgan fingerprint density at radius 3 is 2.44 bits per heavy atom. The van der Waals surface area contributed by atoms with E-state index in [1.807, 2.05) is 5.32 Å². The topological polar surface area (TPSA) is 119 Å². The molecule has 1 atom stereocenters. The summed E-state index contributed by atoms with van der Waals surface area (Å²) >= 11 is 0. The Balaban J connectivity index is 4.52. The Hall–Kier alpha value is -1.35. The van der Waals surface area contributed by atoms with Gasteiger partial charge in [0.05, 0.1) is 12.9 Å². The first kappa shape index (κ1) is 14.7. The normalized spacial score (nSPS) is 14.5. The number of nitrogens with one attached hydrogen (secondary N) is 1. The van der Waals surface area contributed by atoms with Crippen LogP contribution in [0, 0.1) is 0 Å². The van der Waals surface area contributed by atoms with Gasteiger partial charge in [-0.2, -0.15) is 8.42 Å². The zero-order valence-electron chi connectivity index (χ0n) is 11.3. The van der Waals surface area contributed by atoms with Gasteiger partial charge in [-0.3, -0.25) is 4.18 Å². The van der Waals surface area contributed by atoms with E-state index in [0.29, 0.717) is 0 Å². The summed E-state index contributed by atoms with van der Waals surface area (Å²) in [7, 11) is -3.81. The molecule has 9 heteroatoms. The molecule has 0 saturated heterocycles. The lowest BCUT2D eigenvalue weighted by atomic mass is 10.2. The van der Waals surface area contributed by atoms with Crippen molar-refractivity contribution < 1.29 is 33.4 Å². The molecule has 0 fully saturated rings. The standard InChI is InChI=1S/C9H17NO7S/c1-9(2,3)17-8(13)10-6(7(11)12)5-16-18(4,14)15/h6H,5H2,1-4H3,(H,10,13)(H,11,12)/t6-/m0/s1/i1D. The predicted molar refractivity (Wildman–Crippen MR) is 61.6 cm³/mol. The molecule has 0 aromatic carbocycles. The first-order chi connectivity index (χ1) is 8.47. The van der Waals surface area contributed by atoms with Gasteiger partial charge >= 0.3 is 12.1 Å². The monoisotopic (exact) mass is 284 g/mol. The van der Waals surface area contributed by atoms with Crippen molar-refractivity contribution in [2.75, 3.05) is 12.9 Å². The molecule has 8 nitrogen and oxygen atoms in total. The highest BCUT2D eigenvalue weighted by Crippen LogP contribution is 2.07. The Morgan fingerprint density at radius 1 is 1.50 bits per heavy atom. The fourth-order valence-electron chi connectivity index (χ4n) is 0.789. The molecule has 2 N–H and O–H groups in total. The minimum atomic E-state index is -3.81. The van der Waals surface area contributed by atoms with E-state index in [0.717, 1.165) is 6.26 Å². The highest BCUT2D eigenvalue weighted by molar-refractivity contribution is 7.85. The summed E-state index contributed by atoms with van der Waals surface area (Å²) in [5.41, 5.74) is -1.08. The molecular formula is C9H17NO7S. The van der Waals surface area contributed by atoms with Crippen LogP contribution in [-0.2, 0) is 23.8 Å². The van der Waals surface area contributed by atoms with Gasteiger partial charge < -0.3 is 15.2 Å². The average molecular weight is 284 g/mol. The van der Waals surface area contributed by atoms with Crippen LogP contribution >= 0.6 is 0 Å². The van der Waals surface area contributed by atoms with Crippen molar-refractivity contribution in [3.8, 4) is 0 Å². The quantitative estimate of drug-likeness (QED) is 0.679. The summed E-state index contributed by atoms with van der Waals surface area (Å²) in [5, 5.41) is 10.7. The number of amides is 1. The summed E-state index contributed by atoms with van der Waals surface area (Å²) in [5.74, 6) is -1.47. The van der Waals surface area contributed by atoms with E-state index in [1.165, 1.54) is 13.8 Å². The smallest absolute Gasteiger partial charge is 0.408 e. The molecule has 0 aliphatic heterocycles. The second-order valence-electron chi connectivity index (χ2n) is 4.17. The molecule has 106 valence electrons. The van der Waals surface area contributed by atoms with Crippen molar-refractivity contribution in [2.24, 2.45) is 0 Å². The van der Waals surface area contributed by atoms with Crippen LogP contribution in [0.3, 0.4) is 0 Å². The van der Waals surface area contributed by atoms with Crippen molar-refractivity contribution in [2.45, 2.75) is 32.4 Å². The maximum absolute atomic E-state index is 11.4. The number of alkyl carbamates (subject to hydrolysis) is 1. The van der Waals surface area contributed by atoms with E-state index in [2.05, 4.69) is 4.18 Å². The zero-order valence-corrected chi connectivity index (χ0v) is 11.1. The fraction of sp³-hybridized carbons (Fsp3) is 0.778. The van der Waals surface area contributed by atoms with Gasteiger partial charge in [0.15, 0.2) is 6.04 Å². The third-order valence-electron chi connectivity index (χ3n) is 1.41. The van der Waals surface area contributed by atoms with E-state index in [1.54, 1.807) is 0 Å². The fourth-order valence-corrected chi connectivity index (χ4v) is 1.17. The Labute approximate surface area is 107 Å². The second kappa shape index (κ2) is 6.01. The first-order valence-corrected chi connectivity index (χ1v) is 6.64. The molecule has 0 aromatic heterocycles. The van der Waals surface area contributed by atoms with Crippen molar-refractivity contribution in [1.82, 2.24) is 5.32 Å². The molecule has 0 aliphatic carbocycles. The Morgan fingerprint density at radius 2 is 2.06 bits per heavy atom. The largest absolute Gasteiger partial charge is 0.480 e. The van der Waals surface area contributed by atoms with Gasteiger partial charge in [-0.05, 0) is 20.7 Å². The molecule has 0 saturated carbocycles. The van der Waals surface area contributed by atoms with E-state index in [-0.39, 0.29) is 6.90 Å². The number of hydrogen-bond acceptors (Lipinski definition) is 6. The van der Waals surface area contributed by atoms with Gasteiger partial charge in [0.25, 0.3) is 10.1 Å². The van der Waals surface area contributed by atoms with Crippen LogP contribution in [0.5, 0.6) is 0 Å². The number of hydrogen-bond donors (Lipinski definition) is 2. The molecule has 1 amide bonds. The molecule has 0 aromatic rings. The highest BCUT2D eigenvalue weighted by atomic mass is 32.2. The van der Waals surface area contributed by atoms with E-state index in [4.69, 9.17) is 11.2 Å². The van der Waals surface area contributed by atoms with Crippen molar-refractivity contribution >= 4 is 22.2 Å². The summed E-state index contributed by atoms with van der Waals surface area (Å²) in [4.78, 5) is 22.2. The highest BCUT2D eigenvalue weighted by Gasteiger charge is 2.25. The predicted octanol–water partition coefficient (Wildman–Crippen LogP) is -0.0595. The molecule has 0 unspecified atom stereocenters. The van der Waals surface area contributed by atoms with Crippen LogP contribution in [0.2, 0.25) is 0 Å². The zero-order chi connectivity index (χ0) is 15.3. The Kier molecular flexibility index (Phi) is 4.91. The van der Waals surface area contributed by atoms with Crippen LogP contribution < -0.4 is 5.32 Å². The van der Waals surface area contributed by atoms with Crippen LogP contribution in [0.4, 0.5) is 4.79 Å². The molecule has 0 spiro atoms. The van der Waals surface area contributed by atoms with Gasteiger partial charge in [0, 0.05) is 1.37 Å². The molecule has 0 rings (SSSR count). The molecule has 18 heavy (non-hydrogen) atoms. The number of carbonyl (C=O) groups excluding carboxylic acids is 1. The van der Waals surface area contributed by atoms with Crippen molar-refractivity contribution in [3.05, 3.63) is 0 Å². The molecule has 0 bridgehead atoms. The van der Waals surface area contributed by atoms with Gasteiger partial charge in [-0.1, -0.05) is 0 Å². The third kappa shape index (κ3) is 8.76. The minimum absolute atomic E-state index is 0.210. The third-order valence-corrected chi connectivity index (χ3v) is 1.97.